The molecule has 9 heteroatoms. The van der Waals surface area contributed by atoms with Crippen LogP contribution in [-0.2, 0) is 9.53 Å². The zero-order chi connectivity index (χ0) is 14.8. The van der Waals surface area contributed by atoms with Gasteiger partial charge in [0.15, 0.2) is 0 Å². The van der Waals surface area contributed by atoms with Crippen LogP contribution in [0.1, 0.15) is 0 Å². The maximum atomic E-state index is 13.1. The Morgan fingerprint density at radius 1 is 1.85 bits per heavy atom. The summed E-state index contributed by atoms with van der Waals surface area (Å²) in [5.41, 5.74) is 0. The van der Waals surface area contributed by atoms with Crippen molar-refractivity contribution in [2.75, 3.05) is 25.6 Å². The summed E-state index contributed by atoms with van der Waals surface area (Å²) in [6.07, 6.45) is 1.61. The van der Waals surface area contributed by atoms with E-state index in [0.29, 0.717) is 17.9 Å². The van der Waals surface area contributed by atoms with E-state index in [2.05, 4.69) is 11.6 Å². The Bertz CT molecular complexity index is 515. The van der Waals surface area contributed by atoms with Gasteiger partial charge in [-0.1, -0.05) is 6.08 Å². The molecule has 0 aromatic carbocycles. The van der Waals surface area contributed by atoms with Gasteiger partial charge in [0.05, 0.1) is 12.7 Å². The van der Waals surface area contributed by atoms with Crippen molar-refractivity contribution < 1.29 is 13.9 Å². The first-order valence-corrected chi connectivity index (χ1v) is 7.14. The third-order valence-electron chi connectivity index (χ3n) is 2.84. The number of hydrogen-bond donors (Lipinski definition) is 0. The fraction of sp³-hybridized carbons (Fsp3) is 0.455. The lowest BCUT2D eigenvalue weighted by atomic mass is 10.5. The van der Waals surface area contributed by atoms with Gasteiger partial charge in [-0.15, -0.1) is 18.2 Å². The summed E-state index contributed by atoms with van der Waals surface area (Å²) in [4.78, 5) is 16.9. The molecule has 0 aliphatic carbocycles. The minimum Gasteiger partial charge on any atom is -0.622 e. The lowest BCUT2D eigenvalue weighted by Crippen LogP contribution is -2.51. The third kappa shape index (κ3) is 2.99. The number of ether oxygens (including phenoxy) is 1. The number of carbonyl (C=O) groups excluding carboxylic acids is 1. The third-order valence-corrected chi connectivity index (χ3v) is 3.96. The molecule has 1 aromatic heterocycles. The number of carbonyl (C=O) groups is 1. The van der Waals surface area contributed by atoms with Crippen molar-refractivity contribution in [1.82, 2.24) is 14.5 Å². The summed E-state index contributed by atoms with van der Waals surface area (Å²) in [6, 6.07) is 0. The molecule has 20 heavy (non-hydrogen) atoms. The van der Waals surface area contributed by atoms with Crippen LogP contribution in [0.3, 0.4) is 0 Å². The van der Waals surface area contributed by atoms with E-state index < -0.39 is 22.0 Å². The van der Waals surface area contributed by atoms with Gasteiger partial charge < -0.3 is 9.94 Å². The van der Waals surface area contributed by atoms with Crippen LogP contribution in [0.5, 0.6) is 0 Å². The normalized spacial score (nSPS) is 26.6. The first-order valence-electron chi connectivity index (χ1n) is 5.79. The Labute approximate surface area is 124 Å². The van der Waals surface area contributed by atoms with Gasteiger partial charge in [-0.2, -0.15) is 9.37 Å². The lowest BCUT2D eigenvalue weighted by Gasteiger charge is -2.38. The molecule has 2 atom stereocenters. The van der Waals surface area contributed by atoms with Crippen LogP contribution in [-0.4, -0.2) is 47.7 Å². The number of esters is 1. The fourth-order valence-corrected chi connectivity index (χ4v) is 2.80. The molecule has 1 saturated heterocycles. The first kappa shape index (κ1) is 15.3. The minimum absolute atomic E-state index is 0.0131. The number of halogens is 2. The van der Waals surface area contributed by atoms with Crippen LogP contribution in [0.4, 0.5) is 9.52 Å². The second-order valence-electron chi connectivity index (χ2n) is 4.29. The molecule has 0 amide bonds. The average Bonchev–Trinajstić information content (AvgIpc) is 2.96. The maximum Gasteiger partial charge on any atom is 0.325 e. The molecule has 1 aromatic rings. The molecule has 0 bridgehead atoms. The molecule has 2 unspecified atom stereocenters. The summed E-state index contributed by atoms with van der Waals surface area (Å²) in [5.74, 6) is -1.03. The van der Waals surface area contributed by atoms with E-state index >= 15 is 0 Å². The van der Waals surface area contributed by atoms with Gasteiger partial charge in [-0.3, -0.25) is 9.44 Å². The molecular weight excluding hydrogens is 309 g/mol. The molecule has 0 radical (unpaired) electrons. The van der Waals surface area contributed by atoms with Gasteiger partial charge in [-0.25, -0.2) is 4.90 Å². The van der Waals surface area contributed by atoms with Crippen molar-refractivity contribution in [1.29, 1.82) is 0 Å². The highest BCUT2D eigenvalue weighted by Crippen LogP contribution is 2.34. The molecule has 6 nitrogen and oxygen atoms in total. The van der Waals surface area contributed by atoms with E-state index in [1.54, 1.807) is 11.0 Å². The Hall–Kier alpha value is -1.06. The molecule has 2 rings (SSSR count). The second kappa shape index (κ2) is 6.15. The number of hydrogen-bond acceptors (Lipinski definition) is 6. The number of quaternary nitrogens is 1. The Balaban J connectivity index is 2.25. The number of aromatic nitrogens is 1. The molecule has 0 N–H and O–H groups in total. The molecule has 110 valence electrons. The van der Waals surface area contributed by atoms with Crippen molar-refractivity contribution in [3.63, 3.8) is 0 Å². The van der Waals surface area contributed by atoms with E-state index in [0.717, 1.165) is 6.20 Å². The van der Waals surface area contributed by atoms with Crippen LogP contribution < -0.4 is 4.65 Å². The van der Waals surface area contributed by atoms with E-state index in [1.807, 2.05) is 0 Å². The highest BCUT2D eigenvalue weighted by molar-refractivity contribution is 7.13. The number of nitrogens with zero attached hydrogens (tertiary/aromatic N) is 3. The Morgan fingerprint density at radius 3 is 3.15 bits per heavy atom. The number of alkyl halides is 1. The van der Waals surface area contributed by atoms with Crippen molar-refractivity contribution in [3.8, 4) is 0 Å². The summed E-state index contributed by atoms with van der Waals surface area (Å²) in [5, 5.41) is 12.4. The van der Waals surface area contributed by atoms with Crippen LogP contribution in [0.25, 0.3) is 0 Å². The van der Waals surface area contributed by atoms with Gasteiger partial charge in [0.1, 0.15) is 12.5 Å². The van der Waals surface area contributed by atoms with E-state index in [4.69, 9.17) is 16.3 Å². The zero-order valence-electron chi connectivity index (χ0n) is 10.5. The highest BCUT2D eigenvalue weighted by atomic mass is 35.5. The first-order chi connectivity index (χ1) is 9.49. The fourth-order valence-electron chi connectivity index (χ4n) is 2.02. The van der Waals surface area contributed by atoms with Gasteiger partial charge in [-0.05, 0) is 11.3 Å². The minimum atomic E-state index is -1.02. The van der Waals surface area contributed by atoms with Crippen LogP contribution >= 0.6 is 22.9 Å². The molecule has 0 spiro atoms. The lowest BCUT2D eigenvalue weighted by molar-refractivity contribution is -0.150. The summed E-state index contributed by atoms with van der Waals surface area (Å²) in [7, 11) is 0. The van der Waals surface area contributed by atoms with Gasteiger partial charge in [0.25, 0.3) is 11.4 Å². The van der Waals surface area contributed by atoms with E-state index in [1.165, 1.54) is 0 Å². The molecule has 1 fully saturated rings. The zero-order valence-corrected chi connectivity index (χ0v) is 12.1. The molecular formula is C11H13ClFN3O3S. The van der Waals surface area contributed by atoms with E-state index in [9.17, 15) is 14.4 Å². The van der Waals surface area contributed by atoms with Crippen LogP contribution in [0.2, 0.25) is 0 Å². The quantitative estimate of drug-likeness (QED) is 0.271. The number of hydroxylamine groups is 2. The predicted octanol–water partition coefficient (Wildman–Crippen LogP) is 1.65. The predicted molar refractivity (Wildman–Crippen MR) is 74.5 cm³/mol. The van der Waals surface area contributed by atoms with Crippen molar-refractivity contribution >= 4 is 34.0 Å². The Morgan fingerprint density at radius 2 is 2.60 bits per heavy atom. The van der Waals surface area contributed by atoms with Crippen LogP contribution in [0.15, 0.2) is 18.9 Å². The van der Waals surface area contributed by atoms with Gasteiger partial charge in [0, 0.05) is 6.54 Å². The van der Waals surface area contributed by atoms with Crippen molar-refractivity contribution in [3.05, 3.63) is 29.2 Å². The number of thiazole rings is 1. The summed E-state index contributed by atoms with van der Waals surface area (Å²) < 4.78 is 17.2. The maximum absolute atomic E-state index is 13.1. The van der Waals surface area contributed by atoms with E-state index in [-0.39, 0.29) is 24.2 Å². The number of rotatable bonds is 5. The van der Waals surface area contributed by atoms with Gasteiger partial charge >= 0.3 is 5.97 Å². The van der Waals surface area contributed by atoms with Crippen molar-refractivity contribution in [2.45, 2.75) is 6.23 Å². The average molecular weight is 322 g/mol. The van der Waals surface area contributed by atoms with Gasteiger partial charge in [0.2, 0.25) is 5.13 Å². The molecule has 1 aliphatic heterocycles. The SMILES string of the molecule is C=CCN1CC(OC(=O)CCl)[N+]([O-])(c2ncc(F)s2)C1. The smallest absolute Gasteiger partial charge is 0.325 e. The largest absolute Gasteiger partial charge is 0.622 e. The summed E-state index contributed by atoms with van der Waals surface area (Å²) in [6.45, 7) is 4.30. The standard InChI is InChI=1S/C11H13ClFN3O3S/c1-2-3-15-6-9(19-10(17)4-12)16(18,7-15)11-14-5-8(13)20-11/h2,5,9H,1,3-4,6-7H2. The topological polar surface area (TPSA) is 65.5 Å². The Kier molecular flexibility index (Phi) is 4.71. The summed E-state index contributed by atoms with van der Waals surface area (Å²) >= 11 is 6.03. The highest BCUT2D eigenvalue weighted by Gasteiger charge is 2.45. The van der Waals surface area contributed by atoms with Crippen molar-refractivity contribution in [2.24, 2.45) is 0 Å². The molecule has 1 aliphatic rings. The monoisotopic (exact) mass is 321 g/mol. The second-order valence-corrected chi connectivity index (χ2v) is 5.51. The molecule has 0 saturated carbocycles. The van der Waals surface area contributed by atoms with Crippen LogP contribution in [0, 0.1) is 10.3 Å². The molecule has 2 heterocycles.